The number of carboxylic acid groups (broad SMARTS) is 1. The van der Waals surface area contributed by atoms with Crippen molar-refractivity contribution in [3.8, 4) is 0 Å². The molecule has 0 bridgehead atoms. The van der Waals surface area contributed by atoms with Crippen molar-refractivity contribution < 1.29 is 14.1 Å². The first kappa shape index (κ1) is 14.4. The van der Waals surface area contributed by atoms with E-state index in [1.54, 1.807) is 12.1 Å². The summed E-state index contributed by atoms with van der Waals surface area (Å²) >= 11 is 4.68. The van der Waals surface area contributed by atoms with E-state index in [0.717, 1.165) is 10.7 Å². The lowest BCUT2D eigenvalue weighted by molar-refractivity contribution is 0.0695. The summed E-state index contributed by atoms with van der Waals surface area (Å²) in [4.78, 5) is 16.8. The summed E-state index contributed by atoms with van der Waals surface area (Å²) in [6, 6.07) is 4.69. The summed E-state index contributed by atoms with van der Waals surface area (Å²) in [5.74, 6) is -0.794. The van der Waals surface area contributed by atoms with E-state index >= 15 is 0 Å². The monoisotopic (exact) mass is 384 g/mol. The molecule has 3 aromatic rings. The zero-order valence-corrected chi connectivity index (χ0v) is 13.7. The van der Waals surface area contributed by atoms with Gasteiger partial charge in [-0.25, -0.2) is 9.78 Å². The summed E-state index contributed by atoms with van der Waals surface area (Å²) < 4.78 is 14.7. The highest BCUT2D eigenvalue weighted by Crippen LogP contribution is 2.22. The van der Waals surface area contributed by atoms with Gasteiger partial charge in [-0.3, -0.25) is 8.61 Å². The van der Waals surface area contributed by atoms with Gasteiger partial charge in [-0.15, -0.1) is 11.3 Å². The molecule has 0 aliphatic rings. The number of hydrogen-bond donors (Lipinski definition) is 1. The van der Waals surface area contributed by atoms with Gasteiger partial charge in [-0.2, -0.15) is 0 Å². The number of rotatable bonds is 4. The van der Waals surface area contributed by atoms with Crippen LogP contribution in [0.25, 0.3) is 4.96 Å². The van der Waals surface area contributed by atoms with Gasteiger partial charge < -0.3 is 5.11 Å². The molecule has 1 atom stereocenters. The Morgan fingerprint density at radius 2 is 2.29 bits per heavy atom. The first-order valence-electron chi connectivity index (χ1n) is 5.87. The minimum atomic E-state index is -1.34. The molecule has 0 fully saturated rings. The summed E-state index contributed by atoms with van der Waals surface area (Å²) in [7, 11) is -1.34. The summed E-state index contributed by atoms with van der Waals surface area (Å²) in [5.41, 5.74) is 0.826. The highest BCUT2D eigenvalue weighted by molar-refractivity contribution is 9.10. The molecule has 8 heteroatoms. The molecule has 5 nitrogen and oxygen atoms in total. The van der Waals surface area contributed by atoms with Gasteiger partial charge in [0.1, 0.15) is 0 Å². The van der Waals surface area contributed by atoms with E-state index in [9.17, 15) is 9.00 Å². The van der Waals surface area contributed by atoms with E-state index < -0.39 is 16.8 Å². The van der Waals surface area contributed by atoms with Crippen molar-refractivity contribution in [3.63, 3.8) is 0 Å². The largest absolute Gasteiger partial charge is 0.478 e. The topological polar surface area (TPSA) is 71.7 Å². The fourth-order valence-electron chi connectivity index (χ4n) is 1.87. The minimum Gasteiger partial charge on any atom is -0.478 e. The van der Waals surface area contributed by atoms with Crippen LogP contribution in [0, 0.1) is 0 Å². The Morgan fingerprint density at radius 3 is 3.00 bits per heavy atom. The molecule has 21 heavy (non-hydrogen) atoms. The predicted octanol–water partition coefficient (Wildman–Crippen LogP) is 3.16. The third-order valence-electron chi connectivity index (χ3n) is 2.85. The van der Waals surface area contributed by atoms with Crippen LogP contribution in [-0.4, -0.2) is 24.7 Å². The van der Waals surface area contributed by atoms with E-state index in [0.29, 0.717) is 9.37 Å². The van der Waals surface area contributed by atoms with Crippen LogP contribution in [0.15, 0.2) is 45.3 Å². The van der Waals surface area contributed by atoms with Crippen LogP contribution in [0.2, 0.25) is 0 Å². The molecule has 3 rings (SSSR count). The first-order chi connectivity index (χ1) is 10.0. The second kappa shape index (κ2) is 5.70. The molecule has 1 aromatic carbocycles. The Labute approximate surface area is 134 Å². The first-order valence-corrected chi connectivity index (χ1v) is 8.86. The normalized spacial score (nSPS) is 12.6. The van der Waals surface area contributed by atoms with Gasteiger partial charge in [-0.1, -0.05) is 0 Å². The number of hydrogen-bond acceptors (Lipinski definition) is 4. The Hall–Kier alpha value is -1.51. The number of carboxylic acids is 1. The van der Waals surface area contributed by atoms with Crippen LogP contribution < -0.4 is 0 Å². The number of nitrogens with zero attached hydrogens (tertiary/aromatic N) is 2. The highest BCUT2D eigenvalue weighted by atomic mass is 79.9. The SMILES string of the molecule is O=C(O)c1cc(S(=O)Cc2cn3ccsc3n2)ccc1Br. The number of benzene rings is 1. The van der Waals surface area contributed by atoms with Crippen molar-refractivity contribution in [2.24, 2.45) is 0 Å². The van der Waals surface area contributed by atoms with Crippen molar-refractivity contribution in [2.45, 2.75) is 10.6 Å². The van der Waals surface area contributed by atoms with Gasteiger partial charge in [0.05, 0.1) is 27.8 Å². The predicted molar refractivity (Wildman–Crippen MR) is 84.3 cm³/mol. The molecule has 108 valence electrons. The number of aromatic carboxylic acids is 1. The van der Waals surface area contributed by atoms with E-state index in [1.165, 1.54) is 17.4 Å². The van der Waals surface area contributed by atoms with E-state index in [4.69, 9.17) is 5.11 Å². The fraction of sp³-hybridized carbons (Fsp3) is 0.0769. The molecule has 0 aliphatic carbocycles. The second-order valence-electron chi connectivity index (χ2n) is 4.26. The zero-order valence-electron chi connectivity index (χ0n) is 10.5. The van der Waals surface area contributed by atoms with Crippen LogP contribution in [0.3, 0.4) is 0 Å². The number of imidazole rings is 1. The molecule has 0 saturated heterocycles. The van der Waals surface area contributed by atoms with Gasteiger partial charge in [0.15, 0.2) is 4.96 Å². The zero-order chi connectivity index (χ0) is 15.0. The molecule has 0 aliphatic heterocycles. The van der Waals surface area contributed by atoms with Crippen LogP contribution in [0.4, 0.5) is 0 Å². The summed E-state index contributed by atoms with van der Waals surface area (Å²) in [5, 5.41) is 11.0. The fourth-order valence-corrected chi connectivity index (χ4v) is 4.05. The molecule has 1 unspecified atom stereocenters. The Kier molecular flexibility index (Phi) is 3.92. The smallest absolute Gasteiger partial charge is 0.336 e. The molecule has 0 saturated carbocycles. The number of aromatic nitrogens is 2. The second-order valence-corrected chi connectivity index (χ2v) is 7.44. The average molecular weight is 385 g/mol. The third-order valence-corrected chi connectivity index (χ3v) is 5.65. The molecule has 2 aromatic heterocycles. The molecular weight excluding hydrogens is 376 g/mol. The standard InChI is InChI=1S/C13H9BrN2O3S2/c14-11-2-1-9(5-10(11)12(17)18)21(19)7-8-6-16-3-4-20-13(16)15-8/h1-6H,7H2,(H,17,18). The molecular formula is C13H9BrN2O3S2. The van der Waals surface area contributed by atoms with Crippen molar-refractivity contribution >= 4 is 49.0 Å². The molecule has 0 amide bonds. The van der Waals surface area contributed by atoms with Gasteiger partial charge in [0.25, 0.3) is 0 Å². The average Bonchev–Trinajstić information content (AvgIpc) is 2.99. The Bertz CT molecular complexity index is 828. The summed E-state index contributed by atoms with van der Waals surface area (Å²) in [6.07, 6.45) is 3.72. The van der Waals surface area contributed by atoms with Crippen LogP contribution in [-0.2, 0) is 16.6 Å². The van der Waals surface area contributed by atoms with Gasteiger partial charge in [0.2, 0.25) is 0 Å². The van der Waals surface area contributed by atoms with Gasteiger partial charge >= 0.3 is 5.97 Å². The van der Waals surface area contributed by atoms with Crippen molar-refractivity contribution in [2.75, 3.05) is 0 Å². The number of halogens is 1. The molecule has 2 heterocycles. The van der Waals surface area contributed by atoms with E-state index in [-0.39, 0.29) is 11.3 Å². The van der Waals surface area contributed by atoms with Gasteiger partial charge in [-0.05, 0) is 34.1 Å². The lowest BCUT2D eigenvalue weighted by atomic mass is 10.2. The van der Waals surface area contributed by atoms with Crippen molar-refractivity contribution in [1.29, 1.82) is 0 Å². The van der Waals surface area contributed by atoms with Gasteiger partial charge in [0, 0.05) is 27.1 Å². The third kappa shape index (κ3) is 2.92. The molecule has 1 N–H and O–H groups in total. The number of carbonyl (C=O) groups is 1. The Balaban J connectivity index is 1.86. The molecule has 0 radical (unpaired) electrons. The van der Waals surface area contributed by atoms with E-state index in [1.807, 2.05) is 22.2 Å². The van der Waals surface area contributed by atoms with Crippen molar-refractivity contribution in [1.82, 2.24) is 9.38 Å². The molecule has 0 spiro atoms. The van der Waals surface area contributed by atoms with Crippen LogP contribution >= 0.6 is 27.3 Å². The maximum Gasteiger partial charge on any atom is 0.336 e. The lowest BCUT2D eigenvalue weighted by Crippen LogP contribution is -2.02. The number of thiazole rings is 1. The lowest BCUT2D eigenvalue weighted by Gasteiger charge is -2.04. The van der Waals surface area contributed by atoms with Crippen molar-refractivity contribution in [3.05, 3.63) is 51.7 Å². The van der Waals surface area contributed by atoms with Crippen LogP contribution in [0.5, 0.6) is 0 Å². The Morgan fingerprint density at radius 1 is 1.48 bits per heavy atom. The van der Waals surface area contributed by atoms with E-state index in [2.05, 4.69) is 20.9 Å². The maximum absolute atomic E-state index is 12.4. The quantitative estimate of drug-likeness (QED) is 0.749. The minimum absolute atomic E-state index is 0.103. The maximum atomic E-state index is 12.4. The van der Waals surface area contributed by atoms with Crippen LogP contribution in [0.1, 0.15) is 16.1 Å². The number of fused-ring (bicyclic) bond motifs is 1. The summed E-state index contributed by atoms with van der Waals surface area (Å²) in [6.45, 7) is 0. The highest BCUT2D eigenvalue weighted by Gasteiger charge is 2.14.